The highest BCUT2D eigenvalue weighted by Gasteiger charge is 2.34. The number of amides is 2. The number of aliphatic carboxylic acids is 1. The number of unbranched alkanes of at least 4 members (excludes halogenated alkanes) is 1. The lowest BCUT2D eigenvalue weighted by Gasteiger charge is -2.36. The first kappa shape index (κ1) is 23.8. The lowest BCUT2D eigenvalue weighted by atomic mass is 9.78. The summed E-state index contributed by atoms with van der Waals surface area (Å²) in [5, 5.41) is 11.6. The number of nitrogens with one attached hydrogen (secondary N) is 1. The quantitative estimate of drug-likeness (QED) is 0.508. The van der Waals surface area contributed by atoms with Gasteiger partial charge in [-0.25, -0.2) is 4.79 Å². The molecular weight excluding hydrogens is 432 g/mol. The Balaban J connectivity index is 1.17. The van der Waals surface area contributed by atoms with E-state index in [0.29, 0.717) is 32.4 Å². The van der Waals surface area contributed by atoms with E-state index in [1.807, 2.05) is 24.3 Å². The van der Waals surface area contributed by atoms with Gasteiger partial charge >= 0.3 is 12.1 Å². The molecule has 0 atom stereocenters. The number of rotatable bonds is 10. The predicted molar refractivity (Wildman–Crippen MR) is 128 cm³/mol. The number of hydrogen-bond acceptors (Lipinski definition) is 4. The second-order valence-electron chi connectivity index (χ2n) is 9.37. The van der Waals surface area contributed by atoms with Crippen molar-refractivity contribution in [3.63, 3.8) is 0 Å². The van der Waals surface area contributed by atoms with Gasteiger partial charge in [0.15, 0.2) is 0 Å². The summed E-state index contributed by atoms with van der Waals surface area (Å²) in [6.45, 7) is 0.863. The van der Waals surface area contributed by atoms with Crippen molar-refractivity contribution >= 4 is 18.0 Å². The van der Waals surface area contributed by atoms with E-state index in [4.69, 9.17) is 9.84 Å². The Morgan fingerprint density at radius 1 is 1.00 bits per heavy atom. The fourth-order valence-corrected chi connectivity index (χ4v) is 4.98. The largest absolute Gasteiger partial charge is 0.481 e. The highest BCUT2D eigenvalue weighted by molar-refractivity contribution is 5.79. The maximum atomic E-state index is 12.4. The van der Waals surface area contributed by atoms with E-state index in [1.165, 1.54) is 22.3 Å². The van der Waals surface area contributed by atoms with Gasteiger partial charge in [0, 0.05) is 38.4 Å². The minimum atomic E-state index is -0.807. The van der Waals surface area contributed by atoms with E-state index in [1.54, 1.807) is 11.9 Å². The smallest absolute Gasteiger partial charge is 0.407 e. The van der Waals surface area contributed by atoms with Crippen molar-refractivity contribution < 1.29 is 24.2 Å². The van der Waals surface area contributed by atoms with Gasteiger partial charge in [0.2, 0.25) is 5.91 Å². The Bertz CT molecular complexity index is 1000. The van der Waals surface area contributed by atoms with Gasteiger partial charge in [-0.1, -0.05) is 48.5 Å². The lowest BCUT2D eigenvalue weighted by Crippen LogP contribution is -2.46. The van der Waals surface area contributed by atoms with E-state index >= 15 is 0 Å². The molecule has 2 aromatic carbocycles. The summed E-state index contributed by atoms with van der Waals surface area (Å²) in [7, 11) is 1.76. The Kier molecular flexibility index (Phi) is 7.50. The molecule has 180 valence electrons. The molecule has 34 heavy (non-hydrogen) atoms. The van der Waals surface area contributed by atoms with Gasteiger partial charge in [0.25, 0.3) is 0 Å². The molecule has 0 aliphatic heterocycles. The Hall–Kier alpha value is -3.35. The molecule has 1 saturated carbocycles. The SMILES string of the molecule is CN(CCCCC(=O)O)C(=O)CC1CC(NC(=O)OCC2c3ccccc3-c3ccccc32)C1. The monoisotopic (exact) mass is 464 g/mol. The fraction of sp³-hybridized carbons (Fsp3) is 0.444. The molecule has 7 heteroatoms. The Morgan fingerprint density at radius 2 is 1.62 bits per heavy atom. The first-order chi connectivity index (χ1) is 16.4. The van der Waals surface area contributed by atoms with Crippen molar-refractivity contribution in [2.45, 2.75) is 50.5 Å². The third kappa shape index (κ3) is 5.58. The molecule has 2 amide bonds. The van der Waals surface area contributed by atoms with Crippen LogP contribution in [0.15, 0.2) is 48.5 Å². The number of carbonyl (C=O) groups is 3. The van der Waals surface area contributed by atoms with E-state index < -0.39 is 12.1 Å². The van der Waals surface area contributed by atoms with E-state index in [0.717, 1.165) is 12.8 Å². The van der Waals surface area contributed by atoms with Crippen LogP contribution in [0, 0.1) is 5.92 Å². The van der Waals surface area contributed by atoms with Crippen molar-refractivity contribution in [1.82, 2.24) is 10.2 Å². The summed E-state index contributed by atoms with van der Waals surface area (Å²) in [5.41, 5.74) is 4.77. The van der Waals surface area contributed by atoms with Gasteiger partial charge in [-0.15, -0.1) is 0 Å². The molecule has 0 bridgehead atoms. The number of nitrogens with zero attached hydrogens (tertiary/aromatic N) is 1. The van der Waals surface area contributed by atoms with Crippen LogP contribution in [0.2, 0.25) is 0 Å². The number of hydrogen-bond donors (Lipinski definition) is 2. The molecule has 2 aromatic rings. The predicted octanol–water partition coefficient (Wildman–Crippen LogP) is 4.41. The molecule has 2 N–H and O–H groups in total. The normalized spacial score (nSPS) is 18.4. The summed E-state index contributed by atoms with van der Waals surface area (Å²) in [5.74, 6) is -0.442. The van der Waals surface area contributed by atoms with Crippen LogP contribution in [-0.2, 0) is 14.3 Å². The van der Waals surface area contributed by atoms with Gasteiger partial charge < -0.3 is 20.1 Å². The number of benzene rings is 2. The maximum absolute atomic E-state index is 12.4. The molecule has 7 nitrogen and oxygen atoms in total. The molecule has 0 unspecified atom stereocenters. The highest BCUT2D eigenvalue weighted by atomic mass is 16.5. The van der Waals surface area contributed by atoms with Gasteiger partial charge in [-0.05, 0) is 53.9 Å². The maximum Gasteiger partial charge on any atom is 0.407 e. The first-order valence-electron chi connectivity index (χ1n) is 12.0. The average Bonchev–Trinajstić information content (AvgIpc) is 3.12. The van der Waals surface area contributed by atoms with Crippen LogP contribution in [0.25, 0.3) is 11.1 Å². The van der Waals surface area contributed by atoms with Crippen molar-refractivity contribution in [3.8, 4) is 11.1 Å². The molecule has 0 aromatic heterocycles. The molecule has 1 fully saturated rings. The van der Waals surface area contributed by atoms with Crippen molar-refractivity contribution in [2.75, 3.05) is 20.2 Å². The summed E-state index contributed by atoms with van der Waals surface area (Å²) >= 11 is 0. The van der Waals surface area contributed by atoms with Gasteiger partial charge in [-0.3, -0.25) is 9.59 Å². The minimum Gasteiger partial charge on any atom is -0.481 e. The highest BCUT2D eigenvalue weighted by Crippen LogP contribution is 2.44. The molecule has 4 rings (SSSR count). The zero-order valence-electron chi connectivity index (χ0n) is 19.5. The van der Waals surface area contributed by atoms with Gasteiger partial charge in [0.1, 0.15) is 6.61 Å². The Labute approximate surface area is 200 Å². The summed E-state index contributed by atoms with van der Waals surface area (Å²) in [6, 6.07) is 16.5. The molecule has 2 aliphatic rings. The first-order valence-corrected chi connectivity index (χ1v) is 12.0. The van der Waals surface area contributed by atoms with Crippen LogP contribution in [0.1, 0.15) is 55.6 Å². The minimum absolute atomic E-state index is 0.0364. The fourth-order valence-electron chi connectivity index (χ4n) is 4.98. The molecule has 0 heterocycles. The van der Waals surface area contributed by atoms with E-state index in [9.17, 15) is 14.4 Å². The standard InChI is InChI=1S/C27H32N2O5/c1-29(13-7-6-12-26(31)32)25(30)16-18-14-19(15-18)28-27(33)34-17-24-22-10-4-2-8-20(22)21-9-3-5-11-23(21)24/h2-5,8-11,18-19,24H,6-7,12-17H2,1H3,(H,28,33)(H,31,32). The molecular formula is C27H32N2O5. The number of carbonyl (C=O) groups excluding carboxylic acids is 2. The average molecular weight is 465 g/mol. The third-order valence-corrected chi connectivity index (χ3v) is 6.92. The zero-order chi connectivity index (χ0) is 24.1. The van der Waals surface area contributed by atoms with Crippen molar-refractivity contribution in [2.24, 2.45) is 5.92 Å². The number of carboxylic acids is 1. The van der Waals surface area contributed by atoms with Crippen LogP contribution in [-0.4, -0.2) is 54.2 Å². The molecule has 0 radical (unpaired) electrons. The van der Waals surface area contributed by atoms with E-state index in [-0.39, 0.29) is 30.2 Å². The second-order valence-corrected chi connectivity index (χ2v) is 9.37. The van der Waals surface area contributed by atoms with Crippen LogP contribution in [0.5, 0.6) is 0 Å². The van der Waals surface area contributed by atoms with Crippen molar-refractivity contribution in [3.05, 3.63) is 59.7 Å². The molecule has 0 spiro atoms. The van der Waals surface area contributed by atoms with Crippen LogP contribution < -0.4 is 5.32 Å². The van der Waals surface area contributed by atoms with Crippen LogP contribution in [0.3, 0.4) is 0 Å². The van der Waals surface area contributed by atoms with Gasteiger partial charge in [0.05, 0.1) is 0 Å². The number of ether oxygens (including phenoxy) is 1. The zero-order valence-corrected chi connectivity index (χ0v) is 19.5. The number of fused-ring (bicyclic) bond motifs is 3. The van der Waals surface area contributed by atoms with Crippen LogP contribution >= 0.6 is 0 Å². The lowest BCUT2D eigenvalue weighted by molar-refractivity contribution is -0.137. The third-order valence-electron chi connectivity index (χ3n) is 6.92. The topological polar surface area (TPSA) is 95.9 Å². The number of alkyl carbamates (subject to hydrolysis) is 1. The second kappa shape index (κ2) is 10.7. The number of carboxylic acid groups (broad SMARTS) is 1. The van der Waals surface area contributed by atoms with Crippen molar-refractivity contribution in [1.29, 1.82) is 0 Å². The van der Waals surface area contributed by atoms with Gasteiger partial charge in [-0.2, -0.15) is 0 Å². The van der Waals surface area contributed by atoms with E-state index in [2.05, 4.69) is 29.6 Å². The van der Waals surface area contributed by atoms with Crippen LogP contribution in [0.4, 0.5) is 4.79 Å². The summed E-state index contributed by atoms with van der Waals surface area (Å²) in [6.07, 6.45) is 2.97. The Morgan fingerprint density at radius 3 is 2.24 bits per heavy atom. The molecule has 0 saturated heterocycles. The summed E-state index contributed by atoms with van der Waals surface area (Å²) in [4.78, 5) is 37.0. The molecule has 2 aliphatic carbocycles. The summed E-state index contributed by atoms with van der Waals surface area (Å²) < 4.78 is 5.61.